The zero-order valence-electron chi connectivity index (χ0n) is 11.3. The molecule has 0 aliphatic heterocycles. The molecule has 1 saturated carbocycles. The van der Waals surface area contributed by atoms with Crippen molar-refractivity contribution in [3.8, 4) is 0 Å². The highest BCUT2D eigenvalue weighted by Crippen LogP contribution is 2.28. The molecule has 2 N–H and O–H groups in total. The molecule has 1 aromatic carbocycles. The summed E-state index contributed by atoms with van der Waals surface area (Å²) in [6, 6.07) is 7.58. The van der Waals surface area contributed by atoms with E-state index in [0.29, 0.717) is 6.04 Å². The van der Waals surface area contributed by atoms with Crippen LogP contribution in [0.4, 0.5) is 4.39 Å². The standard InChI is InChI=1S/C15H23FN2/c1-15(2,17)11-18(14-6-7-14)9-8-12-4-3-5-13(16)10-12/h3-5,10,14H,6-9,11,17H2,1-2H3. The molecule has 1 aromatic rings. The summed E-state index contributed by atoms with van der Waals surface area (Å²) < 4.78 is 13.1. The van der Waals surface area contributed by atoms with Crippen LogP contribution in [0.3, 0.4) is 0 Å². The van der Waals surface area contributed by atoms with E-state index in [-0.39, 0.29) is 11.4 Å². The van der Waals surface area contributed by atoms with Crippen LogP contribution < -0.4 is 5.73 Å². The molecule has 1 aliphatic carbocycles. The molecule has 2 nitrogen and oxygen atoms in total. The lowest BCUT2D eigenvalue weighted by atomic mass is 10.1. The van der Waals surface area contributed by atoms with Crippen molar-refractivity contribution in [1.82, 2.24) is 4.90 Å². The van der Waals surface area contributed by atoms with Gasteiger partial charge in [0.1, 0.15) is 5.82 Å². The van der Waals surface area contributed by atoms with Gasteiger partial charge in [0.05, 0.1) is 0 Å². The largest absolute Gasteiger partial charge is 0.324 e. The van der Waals surface area contributed by atoms with Gasteiger partial charge in [0.25, 0.3) is 0 Å². The number of nitrogens with two attached hydrogens (primary N) is 1. The SMILES string of the molecule is CC(C)(N)CN(CCc1cccc(F)c1)C1CC1. The molecule has 18 heavy (non-hydrogen) atoms. The molecule has 3 heteroatoms. The highest BCUT2D eigenvalue weighted by atomic mass is 19.1. The molecule has 2 rings (SSSR count). The lowest BCUT2D eigenvalue weighted by Gasteiger charge is -2.30. The summed E-state index contributed by atoms with van der Waals surface area (Å²) >= 11 is 0. The summed E-state index contributed by atoms with van der Waals surface area (Å²) in [6.45, 7) is 6.00. The Labute approximate surface area is 109 Å². The molecule has 0 spiro atoms. The van der Waals surface area contributed by atoms with Gasteiger partial charge in [-0.25, -0.2) is 4.39 Å². The fourth-order valence-corrected chi connectivity index (χ4v) is 2.32. The maximum Gasteiger partial charge on any atom is 0.123 e. The first-order valence-electron chi connectivity index (χ1n) is 6.71. The Kier molecular flexibility index (Phi) is 4.03. The van der Waals surface area contributed by atoms with Crippen LogP contribution in [0.2, 0.25) is 0 Å². The van der Waals surface area contributed by atoms with Crippen molar-refractivity contribution in [3.05, 3.63) is 35.6 Å². The van der Waals surface area contributed by atoms with Crippen molar-refractivity contribution in [2.75, 3.05) is 13.1 Å². The predicted octanol–water partition coefficient (Wildman–Crippen LogP) is 2.57. The maximum atomic E-state index is 13.1. The van der Waals surface area contributed by atoms with Crippen molar-refractivity contribution in [2.24, 2.45) is 5.73 Å². The van der Waals surface area contributed by atoms with Gasteiger partial charge in [-0.15, -0.1) is 0 Å². The molecule has 0 heterocycles. The fourth-order valence-electron chi connectivity index (χ4n) is 2.32. The second-order valence-electron chi connectivity index (χ2n) is 6.07. The summed E-state index contributed by atoms with van der Waals surface area (Å²) in [5.41, 5.74) is 7.00. The molecule has 1 fully saturated rings. The Bertz CT molecular complexity index is 394. The van der Waals surface area contributed by atoms with Gasteiger partial charge in [-0.3, -0.25) is 4.90 Å². The van der Waals surface area contributed by atoms with Gasteiger partial charge in [0.2, 0.25) is 0 Å². The Morgan fingerprint density at radius 1 is 1.39 bits per heavy atom. The fraction of sp³-hybridized carbons (Fsp3) is 0.600. The van der Waals surface area contributed by atoms with E-state index in [4.69, 9.17) is 5.73 Å². The summed E-state index contributed by atoms with van der Waals surface area (Å²) in [7, 11) is 0. The highest BCUT2D eigenvalue weighted by Gasteiger charge is 2.31. The van der Waals surface area contributed by atoms with E-state index in [1.165, 1.54) is 18.9 Å². The van der Waals surface area contributed by atoms with Crippen LogP contribution in [-0.2, 0) is 6.42 Å². The number of rotatable bonds is 6. The van der Waals surface area contributed by atoms with Crippen molar-refractivity contribution >= 4 is 0 Å². The first kappa shape index (κ1) is 13.5. The number of benzene rings is 1. The minimum absolute atomic E-state index is 0.148. The number of nitrogens with zero attached hydrogens (tertiary/aromatic N) is 1. The number of hydrogen-bond acceptors (Lipinski definition) is 2. The normalized spacial score (nSPS) is 16.3. The van der Waals surface area contributed by atoms with Gasteiger partial charge >= 0.3 is 0 Å². The van der Waals surface area contributed by atoms with E-state index >= 15 is 0 Å². The lowest BCUT2D eigenvalue weighted by molar-refractivity contribution is 0.218. The van der Waals surface area contributed by atoms with Crippen LogP contribution in [-0.4, -0.2) is 29.6 Å². The third-order valence-corrected chi connectivity index (χ3v) is 3.25. The Morgan fingerprint density at radius 2 is 2.11 bits per heavy atom. The highest BCUT2D eigenvalue weighted by molar-refractivity contribution is 5.16. The maximum absolute atomic E-state index is 13.1. The van der Waals surface area contributed by atoms with Crippen LogP contribution in [0.15, 0.2) is 24.3 Å². The van der Waals surface area contributed by atoms with E-state index in [1.807, 2.05) is 6.07 Å². The van der Waals surface area contributed by atoms with E-state index in [1.54, 1.807) is 12.1 Å². The molecule has 100 valence electrons. The lowest BCUT2D eigenvalue weighted by Crippen LogP contribution is -2.46. The van der Waals surface area contributed by atoms with E-state index in [2.05, 4.69) is 18.7 Å². The first-order chi connectivity index (χ1) is 8.44. The van der Waals surface area contributed by atoms with Gasteiger partial charge in [0.15, 0.2) is 0 Å². The Balaban J connectivity index is 1.90. The van der Waals surface area contributed by atoms with Crippen LogP contribution >= 0.6 is 0 Å². The zero-order chi connectivity index (χ0) is 13.2. The smallest absolute Gasteiger partial charge is 0.123 e. The molecule has 0 unspecified atom stereocenters. The van der Waals surface area contributed by atoms with Crippen LogP contribution in [0, 0.1) is 5.82 Å². The van der Waals surface area contributed by atoms with E-state index in [0.717, 1.165) is 25.1 Å². The van der Waals surface area contributed by atoms with E-state index in [9.17, 15) is 4.39 Å². The van der Waals surface area contributed by atoms with Gasteiger partial charge in [-0.1, -0.05) is 12.1 Å². The van der Waals surface area contributed by atoms with Crippen LogP contribution in [0.5, 0.6) is 0 Å². The quantitative estimate of drug-likeness (QED) is 0.841. The molecule has 0 atom stereocenters. The number of hydrogen-bond donors (Lipinski definition) is 1. The van der Waals surface area contributed by atoms with Crippen molar-refractivity contribution in [1.29, 1.82) is 0 Å². The Morgan fingerprint density at radius 3 is 2.67 bits per heavy atom. The summed E-state index contributed by atoms with van der Waals surface area (Å²) in [4.78, 5) is 2.45. The van der Waals surface area contributed by atoms with Gasteiger partial charge in [-0.05, 0) is 50.8 Å². The van der Waals surface area contributed by atoms with Crippen LogP contribution in [0.25, 0.3) is 0 Å². The summed E-state index contributed by atoms with van der Waals surface area (Å²) in [5.74, 6) is -0.148. The predicted molar refractivity (Wildman–Crippen MR) is 73.0 cm³/mol. The molecular formula is C15H23FN2. The molecule has 0 bridgehead atoms. The van der Waals surface area contributed by atoms with Crippen molar-refractivity contribution in [2.45, 2.75) is 44.7 Å². The topological polar surface area (TPSA) is 29.3 Å². The van der Waals surface area contributed by atoms with Gasteiger partial charge < -0.3 is 5.73 Å². The molecule has 1 aliphatic rings. The van der Waals surface area contributed by atoms with E-state index < -0.39 is 0 Å². The third kappa shape index (κ3) is 4.39. The van der Waals surface area contributed by atoms with Crippen molar-refractivity contribution < 1.29 is 4.39 Å². The molecule has 0 aromatic heterocycles. The monoisotopic (exact) mass is 250 g/mol. The zero-order valence-corrected chi connectivity index (χ0v) is 11.3. The Hall–Kier alpha value is -0.930. The second-order valence-corrected chi connectivity index (χ2v) is 6.07. The third-order valence-electron chi connectivity index (χ3n) is 3.25. The summed E-state index contributed by atoms with van der Waals surface area (Å²) in [5, 5.41) is 0. The van der Waals surface area contributed by atoms with Crippen LogP contribution in [0.1, 0.15) is 32.3 Å². The molecule has 0 radical (unpaired) electrons. The molecular weight excluding hydrogens is 227 g/mol. The van der Waals surface area contributed by atoms with Gasteiger partial charge in [-0.2, -0.15) is 0 Å². The minimum atomic E-state index is -0.162. The average Bonchev–Trinajstić information content (AvgIpc) is 3.06. The first-order valence-corrected chi connectivity index (χ1v) is 6.71. The van der Waals surface area contributed by atoms with Gasteiger partial charge in [0, 0.05) is 24.7 Å². The number of halogens is 1. The van der Waals surface area contributed by atoms with Crippen molar-refractivity contribution in [3.63, 3.8) is 0 Å². The second kappa shape index (κ2) is 5.37. The summed E-state index contributed by atoms with van der Waals surface area (Å²) in [6.07, 6.45) is 3.45. The molecule has 0 amide bonds. The average molecular weight is 250 g/mol. The molecule has 0 saturated heterocycles. The minimum Gasteiger partial charge on any atom is -0.324 e.